The van der Waals surface area contributed by atoms with Crippen molar-refractivity contribution >= 4 is 61.6 Å². The van der Waals surface area contributed by atoms with Crippen molar-refractivity contribution in [1.82, 2.24) is 0 Å². The number of amides is 1. The summed E-state index contributed by atoms with van der Waals surface area (Å²) in [5.74, 6) is -0.957. The third-order valence-electron chi connectivity index (χ3n) is 4.97. The van der Waals surface area contributed by atoms with Gasteiger partial charge in [0.15, 0.2) is 0 Å². The molecular weight excluding hydrogens is 430 g/mol. The summed E-state index contributed by atoms with van der Waals surface area (Å²) in [6.45, 7) is 0. The summed E-state index contributed by atoms with van der Waals surface area (Å²) in [5.41, 5.74) is 29.1. The molecule has 0 radical (unpaired) electrons. The van der Waals surface area contributed by atoms with E-state index in [9.17, 15) is 25.0 Å². The number of fused-ring (bicyclic) bond motifs is 3. The number of nitro benzene ring substituents is 2. The molecule has 0 heterocycles. The van der Waals surface area contributed by atoms with Gasteiger partial charge in [-0.1, -0.05) is 36.4 Å². The Hall–Kier alpha value is -5.13. The first-order valence-electron chi connectivity index (χ1n) is 9.30. The Kier molecular flexibility index (Phi) is 5.84. The number of anilines is 4. The maximum Gasteiger partial charge on any atom is 0.277 e. The fourth-order valence-electron chi connectivity index (χ4n) is 3.30. The van der Waals surface area contributed by atoms with Crippen LogP contribution in [0.5, 0.6) is 0 Å². The number of primary amides is 1. The predicted molar refractivity (Wildman–Crippen MR) is 127 cm³/mol. The molecule has 4 aromatic rings. The smallest absolute Gasteiger partial charge is 0.277 e. The second-order valence-corrected chi connectivity index (χ2v) is 6.98. The number of non-ortho nitro benzene ring substituents is 2. The van der Waals surface area contributed by atoms with E-state index in [1.807, 2.05) is 36.4 Å². The van der Waals surface area contributed by atoms with Crippen LogP contribution in [0.2, 0.25) is 0 Å². The van der Waals surface area contributed by atoms with Gasteiger partial charge < -0.3 is 28.7 Å². The van der Waals surface area contributed by atoms with Crippen LogP contribution in [0.25, 0.3) is 21.5 Å². The molecule has 0 atom stereocenters. The van der Waals surface area contributed by atoms with Crippen molar-refractivity contribution in [1.29, 1.82) is 0 Å². The van der Waals surface area contributed by atoms with E-state index in [2.05, 4.69) is 0 Å². The number of rotatable bonds is 3. The summed E-state index contributed by atoms with van der Waals surface area (Å²) in [7, 11) is 0. The van der Waals surface area contributed by atoms with Crippen molar-refractivity contribution in [2.24, 2.45) is 5.73 Å². The van der Waals surface area contributed by atoms with Crippen LogP contribution in [0, 0.1) is 20.2 Å². The molecule has 0 aromatic heterocycles. The number of nitrogens with zero attached hydrogens (tertiary/aromatic N) is 2. The lowest BCUT2D eigenvalue weighted by Crippen LogP contribution is -2.11. The first-order valence-corrected chi connectivity index (χ1v) is 9.30. The standard InChI is InChI=1S/C14H14N4.C7H5N3O5/c15-11-9-6-5-7-3-1-2-4-8(7)10(9)12(16)14(18)13(11)17;8-7(11)4-1-5(9(12)13)3-6(2-4)10(14)15/h1-6H,15-18H2;1-3H,(H2,8,11). The van der Waals surface area contributed by atoms with Gasteiger partial charge in [0.25, 0.3) is 11.4 Å². The van der Waals surface area contributed by atoms with Gasteiger partial charge in [-0.2, -0.15) is 0 Å². The molecule has 0 saturated carbocycles. The van der Waals surface area contributed by atoms with Crippen LogP contribution >= 0.6 is 0 Å². The number of benzene rings is 4. The largest absolute Gasteiger partial charge is 0.396 e. The van der Waals surface area contributed by atoms with Crippen molar-refractivity contribution in [2.45, 2.75) is 0 Å². The third kappa shape index (κ3) is 4.20. The number of nitrogen functional groups attached to an aromatic ring is 4. The topological polar surface area (TPSA) is 233 Å². The molecule has 1 amide bonds. The normalized spacial score (nSPS) is 10.4. The van der Waals surface area contributed by atoms with Crippen molar-refractivity contribution in [3.05, 3.63) is 80.4 Å². The van der Waals surface area contributed by atoms with Crippen molar-refractivity contribution < 1.29 is 14.6 Å². The van der Waals surface area contributed by atoms with Crippen molar-refractivity contribution in [3.8, 4) is 0 Å². The lowest BCUT2D eigenvalue weighted by atomic mass is 9.97. The molecule has 0 bridgehead atoms. The molecule has 4 aromatic carbocycles. The van der Waals surface area contributed by atoms with E-state index in [1.165, 1.54) is 0 Å². The highest BCUT2D eigenvalue weighted by Crippen LogP contribution is 2.41. The molecule has 33 heavy (non-hydrogen) atoms. The molecule has 0 aliphatic carbocycles. The van der Waals surface area contributed by atoms with Crippen LogP contribution in [0.15, 0.2) is 54.6 Å². The summed E-state index contributed by atoms with van der Waals surface area (Å²) < 4.78 is 0. The number of carbonyl (C=O) groups is 1. The van der Waals surface area contributed by atoms with Gasteiger partial charge in [0.1, 0.15) is 0 Å². The molecule has 168 valence electrons. The van der Waals surface area contributed by atoms with Gasteiger partial charge in [-0.15, -0.1) is 0 Å². The molecule has 12 heteroatoms. The summed E-state index contributed by atoms with van der Waals surface area (Å²) >= 11 is 0. The van der Waals surface area contributed by atoms with Crippen LogP contribution in [-0.4, -0.2) is 15.8 Å². The SMILES string of the molecule is NC(=O)c1cc([N+](=O)[O-])cc([N+](=O)[O-])c1.Nc1c(N)c(N)c2c(ccc3ccccc32)c1N. The lowest BCUT2D eigenvalue weighted by Gasteiger charge is -2.14. The highest BCUT2D eigenvalue weighted by atomic mass is 16.6. The van der Waals surface area contributed by atoms with Crippen LogP contribution in [0.3, 0.4) is 0 Å². The quantitative estimate of drug-likeness (QED) is 0.134. The maximum absolute atomic E-state index is 10.7. The molecule has 10 N–H and O–H groups in total. The van der Waals surface area contributed by atoms with Crippen LogP contribution in [0.1, 0.15) is 10.4 Å². The first-order chi connectivity index (χ1) is 15.5. The van der Waals surface area contributed by atoms with Crippen molar-refractivity contribution in [2.75, 3.05) is 22.9 Å². The Morgan fingerprint density at radius 1 is 0.697 bits per heavy atom. The second kappa shape index (κ2) is 8.55. The monoisotopic (exact) mass is 449 g/mol. The Morgan fingerprint density at radius 2 is 1.24 bits per heavy atom. The van der Waals surface area contributed by atoms with E-state index in [4.69, 9.17) is 28.7 Å². The van der Waals surface area contributed by atoms with Gasteiger partial charge in [-0.05, 0) is 10.8 Å². The molecule has 4 rings (SSSR count). The van der Waals surface area contributed by atoms with Crippen LogP contribution in [0.4, 0.5) is 34.1 Å². The predicted octanol–water partition coefficient (Wildman–Crippen LogP) is 2.92. The molecule has 0 saturated heterocycles. The minimum absolute atomic E-state index is 0.268. The zero-order valence-electron chi connectivity index (χ0n) is 17.0. The molecule has 12 nitrogen and oxygen atoms in total. The van der Waals surface area contributed by atoms with Gasteiger partial charge in [-0.3, -0.25) is 25.0 Å². The number of carbonyl (C=O) groups excluding carboxylic acids is 1. The molecule has 0 aliphatic heterocycles. The Labute approximate surface area is 185 Å². The van der Waals surface area contributed by atoms with Gasteiger partial charge in [0, 0.05) is 22.9 Å². The Morgan fingerprint density at radius 3 is 1.79 bits per heavy atom. The zero-order valence-corrected chi connectivity index (χ0v) is 17.0. The molecule has 0 spiro atoms. The zero-order chi connectivity index (χ0) is 24.4. The highest BCUT2D eigenvalue weighted by Gasteiger charge is 2.18. The van der Waals surface area contributed by atoms with Gasteiger partial charge in [-0.25, -0.2) is 0 Å². The van der Waals surface area contributed by atoms with Crippen LogP contribution < -0.4 is 28.7 Å². The Balaban J connectivity index is 0.000000190. The van der Waals surface area contributed by atoms with Gasteiger partial charge in [0.2, 0.25) is 5.91 Å². The van der Waals surface area contributed by atoms with E-state index < -0.39 is 27.1 Å². The number of hydrogen-bond donors (Lipinski definition) is 5. The third-order valence-corrected chi connectivity index (χ3v) is 4.97. The number of hydrogen-bond acceptors (Lipinski definition) is 9. The molecule has 0 fully saturated rings. The fraction of sp³-hybridized carbons (Fsp3) is 0. The molecule has 0 aliphatic rings. The van der Waals surface area contributed by atoms with Gasteiger partial charge >= 0.3 is 0 Å². The van der Waals surface area contributed by atoms with Crippen molar-refractivity contribution in [3.63, 3.8) is 0 Å². The summed E-state index contributed by atoms with van der Waals surface area (Å²) in [5, 5.41) is 24.6. The average Bonchev–Trinajstić information content (AvgIpc) is 2.80. The number of nitrogens with two attached hydrogens (primary N) is 5. The van der Waals surface area contributed by atoms with E-state index in [0.29, 0.717) is 22.7 Å². The minimum atomic E-state index is -0.957. The Bertz CT molecular complexity index is 1370. The molecule has 0 unspecified atom stereocenters. The number of nitro groups is 2. The highest BCUT2D eigenvalue weighted by molar-refractivity contribution is 6.21. The maximum atomic E-state index is 10.7. The van der Waals surface area contributed by atoms with E-state index in [-0.39, 0.29) is 5.56 Å². The van der Waals surface area contributed by atoms with E-state index in [0.717, 1.165) is 39.7 Å². The van der Waals surface area contributed by atoms with Gasteiger partial charge in [0.05, 0.1) is 44.2 Å². The summed E-state index contributed by atoms with van der Waals surface area (Å²) in [6, 6.07) is 14.4. The minimum Gasteiger partial charge on any atom is -0.396 e. The first kappa shape index (κ1) is 22.6. The summed E-state index contributed by atoms with van der Waals surface area (Å²) in [4.78, 5) is 29.8. The average molecular weight is 449 g/mol. The van der Waals surface area contributed by atoms with E-state index >= 15 is 0 Å². The lowest BCUT2D eigenvalue weighted by molar-refractivity contribution is -0.394. The fourth-order valence-corrected chi connectivity index (χ4v) is 3.30. The van der Waals surface area contributed by atoms with E-state index in [1.54, 1.807) is 0 Å². The van der Waals surface area contributed by atoms with Crippen LogP contribution in [-0.2, 0) is 0 Å². The molecular formula is C21H19N7O5. The summed E-state index contributed by atoms with van der Waals surface area (Å²) in [6.07, 6.45) is 0. The second-order valence-electron chi connectivity index (χ2n) is 6.98.